The first-order chi connectivity index (χ1) is 14.5. The molecule has 30 heavy (non-hydrogen) atoms. The van der Waals surface area contributed by atoms with Crippen LogP contribution < -0.4 is 15.8 Å². The molecule has 0 bridgehead atoms. The zero-order valence-electron chi connectivity index (χ0n) is 15.5. The molecule has 1 amide bonds. The quantitative estimate of drug-likeness (QED) is 0.384. The van der Waals surface area contributed by atoms with Gasteiger partial charge < -0.3 is 14.5 Å². The van der Waals surface area contributed by atoms with Gasteiger partial charge in [0.25, 0.3) is 5.69 Å². The van der Waals surface area contributed by atoms with Crippen LogP contribution in [0.5, 0.6) is 11.5 Å². The molecule has 9 heteroatoms. The number of ether oxygens (including phenoxy) is 1. The van der Waals surface area contributed by atoms with E-state index in [2.05, 4.69) is 5.32 Å². The Balaban J connectivity index is 1.50. The molecule has 0 saturated carbocycles. The number of aromatic nitrogens is 1. The number of amides is 1. The topological polar surface area (TPSA) is 117 Å². The first-order valence-corrected chi connectivity index (χ1v) is 8.90. The number of nitrogens with zero attached hydrogens (tertiary/aromatic N) is 2. The number of benzene rings is 3. The van der Waals surface area contributed by atoms with Gasteiger partial charge in [0.1, 0.15) is 18.0 Å². The lowest BCUT2D eigenvalue weighted by Gasteiger charge is -2.09. The van der Waals surface area contributed by atoms with Crippen LogP contribution in [0.15, 0.2) is 82.0 Å². The first kappa shape index (κ1) is 18.9. The highest BCUT2D eigenvalue weighted by Gasteiger charge is 2.16. The van der Waals surface area contributed by atoms with Crippen molar-refractivity contribution in [3.8, 4) is 11.5 Å². The van der Waals surface area contributed by atoms with Gasteiger partial charge in [-0.2, -0.15) is 0 Å². The van der Waals surface area contributed by atoms with E-state index in [1.54, 1.807) is 24.3 Å². The maximum Gasteiger partial charge on any atom is 0.420 e. The van der Waals surface area contributed by atoms with E-state index in [4.69, 9.17) is 9.15 Å². The minimum absolute atomic E-state index is 0.0419. The van der Waals surface area contributed by atoms with Crippen LogP contribution in [-0.4, -0.2) is 15.4 Å². The van der Waals surface area contributed by atoms with Crippen molar-refractivity contribution in [2.24, 2.45) is 0 Å². The Morgan fingerprint density at radius 2 is 1.80 bits per heavy atom. The average Bonchev–Trinajstić information content (AvgIpc) is 3.03. The van der Waals surface area contributed by atoms with Gasteiger partial charge in [0.2, 0.25) is 5.91 Å². The molecule has 0 radical (unpaired) electrons. The molecule has 0 fully saturated rings. The summed E-state index contributed by atoms with van der Waals surface area (Å²) in [6.07, 6.45) is 0. The fourth-order valence-electron chi connectivity index (χ4n) is 2.92. The van der Waals surface area contributed by atoms with Gasteiger partial charge in [-0.1, -0.05) is 24.3 Å². The van der Waals surface area contributed by atoms with Crippen molar-refractivity contribution in [1.29, 1.82) is 0 Å². The lowest BCUT2D eigenvalue weighted by molar-refractivity contribution is -0.384. The molecule has 0 aliphatic heterocycles. The maximum atomic E-state index is 12.5. The van der Waals surface area contributed by atoms with E-state index in [1.807, 2.05) is 30.3 Å². The maximum absolute atomic E-state index is 12.5. The van der Waals surface area contributed by atoms with Gasteiger partial charge in [0, 0.05) is 17.8 Å². The number of nitro groups is 1. The molecule has 150 valence electrons. The summed E-state index contributed by atoms with van der Waals surface area (Å²) in [6, 6.07) is 19.8. The molecule has 0 unspecified atom stereocenters. The number of rotatable bonds is 6. The summed E-state index contributed by atoms with van der Waals surface area (Å²) in [4.78, 5) is 34.8. The number of carbonyl (C=O) groups is 1. The molecule has 0 aliphatic rings. The van der Waals surface area contributed by atoms with Crippen LogP contribution in [-0.2, 0) is 11.3 Å². The zero-order chi connectivity index (χ0) is 21.1. The van der Waals surface area contributed by atoms with Crippen LogP contribution in [0.1, 0.15) is 0 Å². The molecular weight excluding hydrogens is 390 g/mol. The number of hydrogen-bond donors (Lipinski definition) is 1. The average molecular weight is 405 g/mol. The van der Waals surface area contributed by atoms with Crippen molar-refractivity contribution in [2.75, 3.05) is 5.32 Å². The second kappa shape index (κ2) is 7.92. The van der Waals surface area contributed by atoms with E-state index in [-0.39, 0.29) is 17.8 Å². The SMILES string of the molecule is O=C(Cn1c(=O)oc2cc([N+](=O)[O-])ccc21)Nc1cccc(Oc2ccccc2)c1. The highest BCUT2D eigenvalue weighted by molar-refractivity contribution is 5.91. The summed E-state index contributed by atoms with van der Waals surface area (Å²) in [6.45, 7) is -0.312. The number of anilines is 1. The van der Waals surface area contributed by atoms with Crippen molar-refractivity contribution in [3.63, 3.8) is 0 Å². The molecule has 1 N–H and O–H groups in total. The predicted octanol–water partition coefficient (Wildman–Crippen LogP) is 3.93. The molecule has 0 aliphatic carbocycles. The van der Waals surface area contributed by atoms with Gasteiger partial charge in [-0.15, -0.1) is 0 Å². The molecule has 9 nitrogen and oxygen atoms in total. The minimum Gasteiger partial charge on any atom is -0.457 e. The van der Waals surface area contributed by atoms with Gasteiger partial charge >= 0.3 is 5.76 Å². The molecule has 1 heterocycles. The van der Waals surface area contributed by atoms with E-state index in [0.29, 0.717) is 22.7 Å². The minimum atomic E-state index is -0.776. The van der Waals surface area contributed by atoms with Crippen molar-refractivity contribution in [3.05, 3.63) is 93.5 Å². The van der Waals surface area contributed by atoms with Crippen LogP contribution in [0.3, 0.4) is 0 Å². The number of carbonyl (C=O) groups excluding carboxylic acids is 1. The molecular formula is C21H15N3O6. The van der Waals surface area contributed by atoms with Crippen molar-refractivity contribution in [1.82, 2.24) is 4.57 Å². The summed E-state index contributed by atoms with van der Waals surface area (Å²) >= 11 is 0. The highest BCUT2D eigenvalue weighted by atomic mass is 16.6. The lowest BCUT2D eigenvalue weighted by atomic mass is 10.3. The molecule has 4 rings (SSSR count). The number of nitro benzene ring substituents is 1. The third-order valence-corrected chi connectivity index (χ3v) is 4.26. The predicted molar refractivity (Wildman–Crippen MR) is 109 cm³/mol. The number of hydrogen-bond acceptors (Lipinski definition) is 6. The largest absolute Gasteiger partial charge is 0.457 e. The fraction of sp³-hybridized carbons (Fsp3) is 0.0476. The Morgan fingerprint density at radius 3 is 2.57 bits per heavy atom. The van der Waals surface area contributed by atoms with Crippen LogP contribution in [0, 0.1) is 10.1 Å². The monoisotopic (exact) mass is 405 g/mol. The van der Waals surface area contributed by atoms with Crippen LogP contribution in [0.25, 0.3) is 11.1 Å². The summed E-state index contributed by atoms with van der Waals surface area (Å²) in [5.74, 6) is -0.0412. The summed E-state index contributed by atoms with van der Waals surface area (Å²) < 4.78 is 11.9. The smallest absolute Gasteiger partial charge is 0.420 e. The molecule has 0 atom stereocenters. The number of oxazole rings is 1. The van der Waals surface area contributed by atoms with Gasteiger partial charge in [-0.05, 0) is 30.3 Å². The standard InChI is InChI=1S/C21H15N3O6/c25-20(13-23-18-10-9-15(24(27)28)12-19(18)30-21(23)26)22-14-5-4-8-17(11-14)29-16-6-2-1-3-7-16/h1-12H,13H2,(H,22,25). The van der Waals surface area contributed by atoms with E-state index >= 15 is 0 Å². The van der Waals surface area contributed by atoms with Crippen molar-refractivity contribution in [2.45, 2.75) is 6.54 Å². The van der Waals surface area contributed by atoms with E-state index in [9.17, 15) is 19.7 Å². The lowest BCUT2D eigenvalue weighted by Crippen LogP contribution is -2.24. The normalized spacial score (nSPS) is 10.7. The highest BCUT2D eigenvalue weighted by Crippen LogP contribution is 2.24. The van der Waals surface area contributed by atoms with E-state index in [0.717, 1.165) is 10.6 Å². The van der Waals surface area contributed by atoms with Gasteiger partial charge in [-0.25, -0.2) is 4.79 Å². The summed E-state index contributed by atoms with van der Waals surface area (Å²) in [5.41, 5.74) is 0.621. The van der Waals surface area contributed by atoms with Gasteiger partial charge in [-0.3, -0.25) is 19.5 Å². The van der Waals surface area contributed by atoms with Crippen LogP contribution in [0.4, 0.5) is 11.4 Å². The Labute approximate surface area is 169 Å². The number of non-ortho nitro benzene ring substituents is 1. The molecule has 1 aromatic heterocycles. The fourth-order valence-corrected chi connectivity index (χ4v) is 2.92. The second-order valence-electron chi connectivity index (χ2n) is 6.35. The van der Waals surface area contributed by atoms with Crippen molar-refractivity contribution < 1.29 is 18.9 Å². The third-order valence-electron chi connectivity index (χ3n) is 4.26. The van der Waals surface area contributed by atoms with Gasteiger partial charge in [0.05, 0.1) is 16.5 Å². The molecule has 4 aromatic rings. The Kier molecular flexibility index (Phi) is 5.00. The zero-order valence-corrected chi connectivity index (χ0v) is 15.5. The van der Waals surface area contributed by atoms with Crippen molar-refractivity contribution >= 4 is 28.4 Å². The number of para-hydroxylation sites is 1. The molecule has 0 saturated heterocycles. The Bertz CT molecular complexity index is 1290. The summed E-state index contributed by atoms with van der Waals surface area (Å²) in [7, 11) is 0. The number of fused-ring (bicyclic) bond motifs is 1. The van der Waals surface area contributed by atoms with E-state index in [1.165, 1.54) is 12.1 Å². The first-order valence-electron chi connectivity index (χ1n) is 8.90. The van der Waals surface area contributed by atoms with Crippen LogP contribution >= 0.6 is 0 Å². The van der Waals surface area contributed by atoms with Crippen LogP contribution in [0.2, 0.25) is 0 Å². The molecule has 3 aromatic carbocycles. The Morgan fingerprint density at radius 1 is 1.03 bits per heavy atom. The molecule has 0 spiro atoms. The summed E-state index contributed by atoms with van der Waals surface area (Å²) in [5, 5.41) is 13.6. The second-order valence-corrected chi connectivity index (χ2v) is 6.35. The van der Waals surface area contributed by atoms with E-state index < -0.39 is 16.6 Å². The Hall–Kier alpha value is -4.40. The number of nitrogens with one attached hydrogen (secondary N) is 1. The third kappa shape index (κ3) is 4.04. The van der Waals surface area contributed by atoms with Gasteiger partial charge in [0.15, 0.2) is 5.58 Å².